The van der Waals surface area contributed by atoms with Gasteiger partial charge in [-0.25, -0.2) is 0 Å². The largest absolute Gasteiger partial charge is 0.493 e. The van der Waals surface area contributed by atoms with E-state index in [4.69, 9.17) is 4.74 Å². The monoisotopic (exact) mass is 289 g/mol. The van der Waals surface area contributed by atoms with Crippen LogP contribution in [-0.4, -0.2) is 36.9 Å². The van der Waals surface area contributed by atoms with Crippen molar-refractivity contribution in [1.29, 1.82) is 0 Å². The van der Waals surface area contributed by atoms with E-state index in [-0.39, 0.29) is 5.78 Å². The zero-order valence-electron chi connectivity index (χ0n) is 13.5. The van der Waals surface area contributed by atoms with E-state index in [9.17, 15) is 4.79 Å². The Labute approximate surface area is 128 Å². The third-order valence-electron chi connectivity index (χ3n) is 4.27. The Kier molecular flexibility index (Phi) is 5.80. The number of likely N-dealkylation sites (tertiary alicyclic amines) is 1. The van der Waals surface area contributed by atoms with Gasteiger partial charge in [0.1, 0.15) is 5.75 Å². The van der Waals surface area contributed by atoms with Crippen molar-refractivity contribution in [2.45, 2.75) is 40.0 Å². The van der Waals surface area contributed by atoms with Crippen molar-refractivity contribution < 1.29 is 9.53 Å². The molecule has 21 heavy (non-hydrogen) atoms. The van der Waals surface area contributed by atoms with Crippen LogP contribution in [-0.2, 0) is 0 Å². The van der Waals surface area contributed by atoms with Crippen molar-refractivity contribution in [2.75, 3.05) is 26.2 Å². The molecular weight excluding hydrogens is 262 g/mol. The fourth-order valence-corrected chi connectivity index (χ4v) is 2.82. The van der Waals surface area contributed by atoms with Crippen molar-refractivity contribution >= 4 is 5.78 Å². The predicted molar refractivity (Wildman–Crippen MR) is 86.1 cm³/mol. The molecule has 116 valence electrons. The van der Waals surface area contributed by atoms with Crippen molar-refractivity contribution in [1.82, 2.24) is 4.90 Å². The molecule has 1 aromatic rings. The molecule has 0 aliphatic carbocycles. The zero-order chi connectivity index (χ0) is 15.2. The number of carbonyl (C=O) groups is 1. The summed E-state index contributed by atoms with van der Waals surface area (Å²) in [6.45, 7) is 9.98. The number of ketones is 1. The SMILES string of the molecule is CCOc1ccc(C)cc1C(=O)CCN1CCC(C)CC1. The smallest absolute Gasteiger partial charge is 0.167 e. The summed E-state index contributed by atoms with van der Waals surface area (Å²) in [5, 5.41) is 0. The number of piperidine rings is 1. The van der Waals surface area contributed by atoms with Crippen molar-refractivity contribution in [3.8, 4) is 5.75 Å². The molecule has 0 amide bonds. The van der Waals surface area contributed by atoms with Crippen LogP contribution < -0.4 is 4.74 Å². The minimum atomic E-state index is 0.195. The molecule has 0 spiro atoms. The van der Waals surface area contributed by atoms with Crippen LogP contribution in [0, 0.1) is 12.8 Å². The van der Waals surface area contributed by atoms with Crippen molar-refractivity contribution in [3.05, 3.63) is 29.3 Å². The topological polar surface area (TPSA) is 29.5 Å². The number of benzene rings is 1. The maximum absolute atomic E-state index is 12.5. The van der Waals surface area contributed by atoms with Gasteiger partial charge in [-0.1, -0.05) is 18.6 Å². The van der Waals surface area contributed by atoms with Crippen molar-refractivity contribution in [3.63, 3.8) is 0 Å². The van der Waals surface area contributed by atoms with E-state index in [0.717, 1.165) is 42.4 Å². The quantitative estimate of drug-likeness (QED) is 0.748. The number of rotatable bonds is 6. The van der Waals surface area contributed by atoms with Gasteiger partial charge in [-0.2, -0.15) is 0 Å². The number of carbonyl (C=O) groups excluding carboxylic acids is 1. The molecule has 0 aromatic heterocycles. The summed E-state index contributed by atoms with van der Waals surface area (Å²) >= 11 is 0. The molecule has 1 heterocycles. The Morgan fingerprint density at radius 2 is 2.05 bits per heavy atom. The summed E-state index contributed by atoms with van der Waals surface area (Å²) in [5.41, 5.74) is 1.84. The second kappa shape index (κ2) is 7.60. The zero-order valence-corrected chi connectivity index (χ0v) is 13.5. The summed E-state index contributed by atoms with van der Waals surface area (Å²) in [6.07, 6.45) is 3.09. The van der Waals surface area contributed by atoms with Gasteiger partial charge in [0.15, 0.2) is 5.78 Å². The second-order valence-corrected chi connectivity index (χ2v) is 6.13. The van der Waals surface area contributed by atoms with Crippen LogP contribution in [0.3, 0.4) is 0 Å². The highest BCUT2D eigenvalue weighted by molar-refractivity contribution is 5.99. The summed E-state index contributed by atoms with van der Waals surface area (Å²) in [6, 6.07) is 5.86. The summed E-state index contributed by atoms with van der Waals surface area (Å²) in [7, 11) is 0. The lowest BCUT2D eigenvalue weighted by Gasteiger charge is -2.29. The van der Waals surface area contributed by atoms with Gasteiger partial charge >= 0.3 is 0 Å². The Hall–Kier alpha value is -1.35. The predicted octanol–water partition coefficient (Wildman–Crippen LogP) is 3.70. The molecule has 0 unspecified atom stereocenters. The number of hydrogen-bond donors (Lipinski definition) is 0. The molecule has 0 radical (unpaired) electrons. The number of aryl methyl sites for hydroxylation is 1. The van der Waals surface area contributed by atoms with Gasteiger partial charge in [0, 0.05) is 13.0 Å². The average Bonchev–Trinajstić information content (AvgIpc) is 2.48. The van der Waals surface area contributed by atoms with E-state index in [0.29, 0.717) is 13.0 Å². The molecule has 3 nitrogen and oxygen atoms in total. The van der Waals surface area contributed by atoms with Gasteiger partial charge in [-0.3, -0.25) is 4.79 Å². The first-order valence-corrected chi connectivity index (χ1v) is 8.09. The normalized spacial score (nSPS) is 16.9. The third-order valence-corrected chi connectivity index (χ3v) is 4.27. The van der Waals surface area contributed by atoms with Gasteiger partial charge in [-0.15, -0.1) is 0 Å². The van der Waals surface area contributed by atoms with Crippen LogP contribution in [0.2, 0.25) is 0 Å². The molecule has 1 aromatic carbocycles. The molecule has 2 rings (SSSR count). The molecule has 3 heteroatoms. The van der Waals surface area contributed by atoms with E-state index >= 15 is 0 Å². The van der Waals surface area contributed by atoms with E-state index in [1.165, 1.54) is 12.8 Å². The van der Waals surface area contributed by atoms with E-state index < -0.39 is 0 Å². The Morgan fingerprint density at radius 1 is 1.33 bits per heavy atom. The first-order valence-electron chi connectivity index (χ1n) is 8.09. The average molecular weight is 289 g/mol. The highest BCUT2D eigenvalue weighted by Crippen LogP contribution is 2.22. The third kappa shape index (κ3) is 4.57. The van der Waals surface area contributed by atoms with Gasteiger partial charge in [0.05, 0.1) is 12.2 Å². The molecule has 1 aliphatic rings. The van der Waals surface area contributed by atoms with E-state index in [2.05, 4.69) is 11.8 Å². The first-order chi connectivity index (χ1) is 10.1. The highest BCUT2D eigenvalue weighted by atomic mass is 16.5. The molecule has 0 saturated carbocycles. The number of Topliss-reactive ketones (excluding diaryl/α,β-unsaturated/α-hetero) is 1. The maximum atomic E-state index is 12.5. The van der Waals surface area contributed by atoms with Crippen LogP contribution in [0.4, 0.5) is 0 Å². The van der Waals surface area contributed by atoms with E-state index in [1.54, 1.807) is 0 Å². The fourth-order valence-electron chi connectivity index (χ4n) is 2.82. The van der Waals surface area contributed by atoms with Crippen LogP contribution in [0.25, 0.3) is 0 Å². The van der Waals surface area contributed by atoms with Gasteiger partial charge < -0.3 is 9.64 Å². The molecule has 1 fully saturated rings. The highest BCUT2D eigenvalue weighted by Gasteiger charge is 2.18. The van der Waals surface area contributed by atoms with Crippen LogP contribution in [0.5, 0.6) is 5.75 Å². The molecule has 0 bridgehead atoms. The first kappa shape index (κ1) is 16.0. The number of nitrogens with zero attached hydrogens (tertiary/aromatic N) is 1. The van der Waals surface area contributed by atoms with Gasteiger partial charge in [0.2, 0.25) is 0 Å². The molecule has 1 saturated heterocycles. The van der Waals surface area contributed by atoms with Gasteiger partial charge in [-0.05, 0) is 57.8 Å². The second-order valence-electron chi connectivity index (χ2n) is 6.13. The lowest BCUT2D eigenvalue weighted by Crippen LogP contribution is -2.34. The molecule has 1 aliphatic heterocycles. The van der Waals surface area contributed by atoms with Crippen LogP contribution in [0.1, 0.15) is 49.0 Å². The van der Waals surface area contributed by atoms with Crippen LogP contribution >= 0.6 is 0 Å². The van der Waals surface area contributed by atoms with Gasteiger partial charge in [0.25, 0.3) is 0 Å². The lowest BCUT2D eigenvalue weighted by molar-refractivity contribution is 0.0949. The summed E-state index contributed by atoms with van der Waals surface area (Å²) < 4.78 is 5.58. The Bertz CT molecular complexity index is 476. The Balaban J connectivity index is 1.95. The van der Waals surface area contributed by atoms with E-state index in [1.807, 2.05) is 32.0 Å². The molecular formula is C18H27NO2. The standard InChI is InChI=1S/C18H27NO2/c1-4-21-18-6-5-15(3)13-16(18)17(20)9-12-19-10-7-14(2)8-11-19/h5-6,13-14H,4,7-12H2,1-3H3. The maximum Gasteiger partial charge on any atom is 0.167 e. The summed E-state index contributed by atoms with van der Waals surface area (Å²) in [5.74, 6) is 1.75. The van der Waals surface area contributed by atoms with Crippen molar-refractivity contribution in [2.24, 2.45) is 5.92 Å². The fraction of sp³-hybridized carbons (Fsp3) is 0.611. The minimum Gasteiger partial charge on any atom is -0.493 e. The number of hydrogen-bond acceptors (Lipinski definition) is 3. The molecule has 0 N–H and O–H groups in total. The molecule has 0 atom stereocenters. The summed E-state index contributed by atoms with van der Waals surface area (Å²) in [4.78, 5) is 14.9. The minimum absolute atomic E-state index is 0.195. The van der Waals surface area contributed by atoms with Crippen LogP contribution in [0.15, 0.2) is 18.2 Å². The lowest BCUT2D eigenvalue weighted by atomic mass is 9.98. The number of ether oxygens (including phenoxy) is 1. The Morgan fingerprint density at radius 3 is 2.71 bits per heavy atom.